The summed E-state index contributed by atoms with van der Waals surface area (Å²) in [5.74, 6) is 0.254. The van der Waals surface area contributed by atoms with Crippen LogP contribution in [0.2, 0.25) is 5.02 Å². The van der Waals surface area contributed by atoms with Crippen LogP contribution < -0.4 is 14.6 Å². The van der Waals surface area contributed by atoms with Gasteiger partial charge in [-0.15, -0.1) is 0 Å². The monoisotopic (exact) mass is 532 g/mol. The van der Waals surface area contributed by atoms with Crippen LogP contribution in [0.25, 0.3) is 0 Å². The Morgan fingerprint density at radius 3 is 1.92 bits per heavy atom. The van der Waals surface area contributed by atoms with Crippen molar-refractivity contribution in [2.24, 2.45) is 0 Å². The van der Waals surface area contributed by atoms with Crippen molar-refractivity contribution < 1.29 is 9.53 Å². The van der Waals surface area contributed by atoms with E-state index >= 15 is 0 Å². The molecule has 0 saturated carbocycles. The van der Waals surface area contributed by atoms with Crippen molar-refractivity contribution in [3.8, 4) is 5.75 Å². The molecule has 0 bridgehead atoms. The average Bonchev–Trinajstić information content (AvgIpc) is 2.58. The molecule has 24 heavy (non-hydrogen) atoms. The van der Waals surface area contributed by atoms with Crippen LogP contribution in [0.4, 0.5) is 0 Å². The van der Waals surface area contributed by atoms with E-state index in [4.69, 9.17) is 16.3 Å². The molecule has 0 aliphatic rings. The molecule has 0 saturated heterocycles. The second kappa shape index (κ2) is 7.92. The van der Waals surface area contributed by atoms with Crippen molar-refractivity contribution in [1.29, 1.82) is 0 Å². The van der Waals surface area contributed by atoms with Gasteiger partial charge in [0.25, 0.3) is 0 Å². The molecule has 0 radical (unpaired) electrons. The standard InChI is InChI=1S/C8H6ClO2.2C6H5.Bi/c1-6(10)11-8-4-2-3-7(9)5-8;2*1-2-4-6-5-3-1;/h2-3,5H,1H3;2*1-5H;. The van der Waals surface area contributed by atoms with Crippen LogP contribution in [0, 0.1) is 0 Å². The summed E-state index contributed by atoms with van der Waals surface area (Å²) in [5, 5.41) is 0.570. The molecule has 3 aromatic carbocycles. The van der Waals surface area contributed by atoms with Gasteiger partial charge in [0, 0.05) is 0 Å². The van der Waals surface area contributed by atoms with Gasteiger partial charge in [-0.1, -0.05) is 0 Å². The van der Waals surface area contributed by atoms with Crippen LogP contribution in [0.5, 0.6) is 5.75 Å². The van der Waals surface area contributed by atoms with Gasteiger partial charge in [0.2, 0.25) is 0 Å². The number of esters is 1. The molecule has 0 unspecified atom stereocenters. The molecule has 0 fully saturated rings. The van der Waals surface area contributed by atoms with Gasteiger partial charge in [-0.05, 0) is 0 Å². The molecule has 3 aromatic rings. The van der Waals surface area contributed by atoms with Crippen molar-refractivity contribution in [3.63, 3.8) is 0 Å². The quantitative estimate of drug-likeness (QED) is 0.294. The molecule has 3 rings (SSSR count). The first-order valence-electron chi connectivity index (χ1n) is 7.53. The van der Waals surface area contributed by atoms with E-state index in [2.05, 4.69) is 48.5 Å². The fourth-order valence-corrected chi connectivity index (χ4v) is 11.8. The summed E-state index contributed by atoms with van der Waals surface area (Å²) >= 11 is 3.56. The molecule has 4 heteroatoms. The summed E-state index contributed by atoms with van der Waals surface area (Å²) < 4.78 is 9.25. The summed E-state index contributed by atoms with van der Waals surface area (Å²) in [6, 6.07) is 26.6. The fraction of sp³-hybridized carbons (Fsp3) is 0.0500. The first kappa shape index (κ1) is 17.1. The van der Waals surface area contributed by atoms with Crippen LogP contribution in [0.15, 0.2) is 78.9 Å². The number of ether oxygens (including phenoxy) is 1. The van der Waals surface area contributed by atoms with E-state index < -0.39 is 21.8 Å². The first-order valence-corrected chi connectivity index (χ1v) is 13.1. The predicted octanol–water partition coefficient (Wildman–Crippen LogP) is 2.78. The van der Waals surface area contributed by atoms with Crippen molar-refractivity contribution in [2.75, 3.05) is 0 Å². The molecule has 0 aliphatic heterocycles. The normalized spacial score (nSPS) is 10.6. The number of carbonyl (C=O) groups excluding carboxylic acids is 1. The summed E-state index contributed by atoms with van der Waals surface area (Å²) in [5.41, 5.74) is 0. The first-order chi connectivity index (χ1) is 11.6. The third kappa shape index (κ3) is 4.03. The zero-order valence-electron chi connectivity index (χ0n) is 13.1. The van der Waals surface area contributed by atoms with Crippen LogP contribution in [0.3, 0.4) is 0 Å². The SMILES string of the molecule is CC(=O)Oc1cc(Cl)cc[c]1[Bi]([c]1ccccc1)[c]1ccccc1. The zero-order valence-corrected chi connectivity index (χ0v) is 17.4. The van der Waals surface area contributed by atoms with E-state index in [-0.39, 0.29) is 5.97 Å². The Balaban J connectivity index is 2.18. The van der Waals surface area contributed by atoms with Crippen LogP contribution in [-0.4, -0.2) is 27.7 Å². The Morgan fingerprint density at radius 2 is 1.42 bits per heavy atom. The Bertz CT molecular complexity index is 795. The number of rotatable bonds is 4. The van der Waals surface area contributed by atoms with Crippen LogP contribution in [0.1, 0.15) is 6.92 Å². The van der Waals surface area contributed by atoms with Gasteiger partial charge >= 0.3 is 155 Å². The molecule has 0 amide bonds. The van der Waals surface area contributed by atoms with Crippen molar-refractivity contribution >= 4 is 49.1 Å². The predicted molar refractivity (Wildman–Crippen MR) is 100 cm³/mol. The Kier molecular flexibility index (Phi) is 5.65. The van der Waals surface area contributed by atoms with E-state index in [0.29, 0.717) is 10.8 Å². The molecular weight excluding hydrogens is 517 g/mol. The van der Waals surface area contributed by atoms with Crippen molar-refractivity contribution in [2.45, 2.75) is 6.92 Å². The van der Waals surface area contributed by atoms with E-state index in [1.165, 1.54) is 13.5 Å². The Hall–Kier alpha value is -1.70. The number of benzene rings is 3. The topological polar surface area (TPSA) is 26.3 Å². The molecule has 2 nitrogen and oxygen atoms in total. The molecule has 0 aromatic heterocycles. The van der Waals surface area contributed by atoms with Gasteiger partial charge < -0.3 is 0 Å². The van der Waals surface area contributed by atoms with Gasteiger partial charge in [0.1, 0.15) is 0 Å². The molecule has 0 spiro atoms. The van der Waals surface area contributed by atoms with Crippen molar-refractivity contribution in [1.82, 2.24) is 0 Å². The summed E-state index contributed by atoms with van der Waals surface area (Å²) in [6.45, 7) is 1.42. The van der Waals surface area contributed by atoms with Gasteiger partial charge in [-0.3, -0.25) is 0 Å². The van der Waals surface area contributed by atoms with E-state index in [1.807, 2.05) is 24.3 Å². The van der Waals surface area contributed by atoms with E-state index in [1.54, 1.807) is 6.07 Å². The van der Waals surface area contributed by atoms with Crippen molar-refractivity contribution in [3.05, 3.63) is 83.9 Å². The zero-order chi connectivity index (χ0) is 16.9. The van der Waals surface area contributed by atoms with Gasteiger partial charge in [-0.25, -0.2) is 0 Å². The number of hydrogen-bond acceptors (Lipinski definition) is 2. The summed E-state index contributed by atoms with van der Waals surface area (Å²) in [6.07, 6.45) is 0. The minimum atomic E-state index is -2.57. The van der Waals surface area contributed by atoms with Gasteiger partial charge in [0.05, 0.1) is 0 Å². The fourth-order valence-electron chi connectivity index (χ4n) is 2.49. The average molecular weight is 533 g/mol. The maximum atomic E-state index is 11.5. The molecular formula is C20H16BiClO2. The second-order valence-electron chi connectivity index (χ2n) is 5.21. The van der Waals surface area contributed by atoms with Gasteiger partial charge in [-0.2, -0.15) is 0 Å². The molecule has 0 heterocycles. The van der Waals surface area contributed by atoms with E-state index in [9.17, 15) is 4.79 Å². The molecule has 0 N–H and O–H groups in total. The second-order valence-corrected chi connectivity index (χ2v) is 14.1. The Morgan fingerprint density at radius 1 is 0.875 bits per heavy atom. The minimum absolute atomic E-state index is 0.330. The number of halogens is 1. The maximum absolute atomic E-state index is 11.5. The Labute approximate surface area is 154 Å². The third-order valence-corrected chi connectivity index (χ3v) is 13.3. The molecule has 120 valence electrons. The van der Waals surface area contributed by atoms with E-state index in [0.717, 1.165) is 3.27 Å². The number of carbonyl (C=O) groups is 1. The van der Waals surface area contributed by atoms with Crippen LogP contribution in [-0.2, 0) is 4.79 Å². The molecule has 0 atom stereocenters. The van der Waals surface area contributed by atoms with Gasteiger partial charge in [0.15, 0.2) is 0 Å². The summed E-state index contributed by atoms with van der Waals surface area (Å²) in [4.78, 5) is 11.5. The van der Waals surface area contributed by atoms with Crippen LogP contribution >= 0.6 is 11.6 Å². The number of hydrogen-bond donors (Lipinski definition) is 0. The summed E-state index contributed by atoms with van der Waals surface area (Å²) in [7, 11) is 0. The third-order valence-electron chi connectivity index (χ3n) is 3.45. The molecule has 0 aliphatic carbocycles.